The van der Waals surface area contributed by atoms with E-state index in [2.05, 4.69) is 21.2 Å². The number of rotatable bonds is 5. The van der Waals surface area contributed by atoms with Crippen molar-refractivity contribution < 1.29 is 14.3 Å². The molecule has 6 heteroatoms. The molecule has 0 aliphatic carbocycles. The van der Waals surface area contributed by atoms with Crippen LogP contribution in [0.2, 0.25) is 5.02 Å². The summed E-state index contributed by atoms with van der Waals surface area (Å²) in [6.07, 6.45) is 2.89. The molecule has 2 aromatic rings. The van der Waals surface area contributed by atoms with Gasteiger partial charge in [-0.15, -0.1) is 0 Å². The molecule has 0 fully saturated rings. The quantitative estimate of drug-likeness (QED) is 0.608. The molecule has 0 unspecified atom stereocenters. The summed E-state index contributed by atoms with van der Waals surface area (Å²) in [5.41, 5.74) is 1.40. The first kappa shape index (κ1) is 17.2. The standard InChI is InChI=1S/C17H13BrClNO3/c18-13-7-4-12(5-8-13)6-9-17(22)23-11-16(21)20-15-3-1-2-14(19)10-15/h1-10H,11H2,(H,20,21)/b9-6+. The number of carbonyl (C=O) groups is 2. The summed E-state index contributed by atoms with van der Waals surface area (Å²) < 4.78 is 5.83. The summed E-state index contributed by atoms with van der Waals surface area (Å²) >= 11 is 9.15. The lowest BCUT2D eigenvalue weighted by Gasteiger charge is -2.05. The molecule has 0 bridgehead atoms. The predicted molar refractivity (Wildman–Crippen MR) is 94.2 cm³/mol. The number of anilines is 1. The van der Waals surface area contributed by atoms with E-state index in [0.29, 0.717) is 10.7 Å². The van der Waals surface area contributed by atoms with Crippen LogP contribution in [-0.2, 0) is 14.3 Å². The van der Waals surface area contributed by atoms with Crippen molar-refractivity contribution in [2.24, 2.45) is 0 Å². The number of carbonyl (C=O) groups excluding carboxylic acids is 2. The highest BCUT2D eigenvalue weighted by Crippen LogP contribution is 2.14. The normalized spacial score (nSPS) is 10.5. The SMILES string of the molecule is O=C(COC(=O)/C=C/c1ccc(Br)cc1)Nc1cccc(Cl)c1. The Balaban J connectivity index is 1.79. The van der Waals surface area contributed by atoms with Crippen LogP contribution < -0.4 is 5.32 Å². The molecule has 0 aliphatic rings. The van der Waals surface area contributed by atoms with Crippen molar-refractivity contribution in [2.45, 2.75) is 0 Å². The molecule has 2 rings (SSSR count). The topological polar surface area (TPSA) is 55.4 Å². The summed E-state index contributed by atoms with van der Waals surface area (Å²) in [6, 6.07) is 14.1. The van der Waals surface area contributed by atoms with Gasteiger partial charge in [-0.1, -0.05) is 45.7 Å². The van der Waals surface area contributed by atoms with Crippen molar-refractivity contribution in [3.63, 3.8) is 0 Å². The molecule has 2 aromatic carbocycles. The number of hydrogen-bond donors (Lipinski definition) is 1. The van der Waals surface area contributed by atoms with Gasteiger partial charge < -0.3 is 10.1 Å². The zero-order valence-corrected chi connectivity index (χ0v) is 14.3. The predicted octanol–water partition coefficient (Wildman–Crippen LogP) is 4.30. The fraction of sp³-hybridized carbons (Fsp3) is 0.0588. The maximum Gasteiger partial charge on any atom is 0.331 e. The van der Waals surface area contributed by atoms with Gasteiger partial charge in [0.2, 0.25) is 0 Å². The van der Waals surface area contributed by atoms with Crippen molar-refractivity contribution in [1.29, 1.82) is 0 Å². The molecule has 118 valence electrons. The average Bonchev–Trinajstić information content (AvgIpc) is 2.52. The summed E-state index contributed by atoms with van der Waals surface area (Å²) in [6.45, 7) is -0.365. The number of ether oxygens (including phenoxy) is 1. The highest BCUT2D eigenvalue weighted by molar-refractivity contribution is 9.10. The van der Waals surface area contributed by atoms with Gasteiger partial charge in [0.1, 0.15) is 0 Å². The van der Waals surface area contributed by atoms with E-state index in [1.807, 2.05) is 24.3 Å². The van der Waals surface area contributed by atoms with Crippen molar-refractivity contribution in [1.82, 2.24) is 0 Å². The third-order valence-electron chi connectivity index (χ3n) is 2.74. The number of benzene rings is 2. The Hall–Kier alpha value is -2.11. The number of nitrogens with one attached hydrogen (secondary N) is 1. The minimum Gasteiger partial charge on any atom is -0.452 e. The molecule has 0 saturated heterocycles. The van der Waals surface area contributed by atoms with E-state index < -0.39 is 11.9 Å². The van der Waals surface area contributed by atoms with Crippen molar-refractivity contribution in [3.05, 3.63) is 69.7 Å². The van der Waals surface area contributed by atoms with Gasteiger partial charge in [0, 0.05) is 21.3 Å². The van der Waals surface area contributed by atoms with Crippen LogP contribution in [0.3, 0.4) is 0 Å². The molecule has 23 heavy (non-hydrogen) atoms. The molecule has 0 heterocycles. The van der Waals surface area contributed by atoms with Gasteiger partial charge in [0.15, 0.2) is 6.61 Å². The second kappa shape index (κ2) is 8.50. The van der Waals surface area contributed by atoms with Gasteiger partial charge in [-0.3, -0.25) is 4.79 Å². The van der Waals surface area contributed by atoms with Gasteiger partial charge >= 0.3 is 5.97 Å². The third kappa shape index (κ3) is 6.26. The molecule has 0 radical (unpaired) electrons. The summed E-state index contributed by atoms with van der Waals surface area (Å²) in [4.78, 5) is 23.3. The lowest BCUT2D eigenvalue weighted by atomic mass is 10.2. The Morgan fingerprint density at radius 3 is 2.61 bits per heavy atom. The zero-order chi connectivity index (χ0) is 16.7. The number of halogens is 2. The zero-order valence-electron chi connectivity index (χ0n) is 12.0. The molecule has 4 nitrogen and oxygen atoms in total. The van der Waals surface area contributed by atoms with E-state index in [9.17, 15) is 9.59 Å². The minimum atomic E-state index is -0.589. The van der Waals surface area contributed by atoms with Gasteiger partial charge in [-0.2, -0.15) is 0 Å². The smallest absolute Gasteiger partial charge is 0.331 e. The number of amides is 1. The minimum absolute atomic E-state index is 0.365. The lowest BCUT2D eigenvalue weighted by Crippen LogP contribution is -2.20. The molecule has 0 spiro atoms. The van der Waals surface area contributed by atoms with E-state index in [4.69, 9.17) is 16.3 Å². The van der Waals surface area contributed by atoms with Crippen LogP contribution in [0.4, 0.5) is 5.69 Å². The van der Waals surface area contributed by atoms with Crippen LogP contribution in [0.25, 0.3) is 6.08 Å². The highest BCUT2D eigenvalue weighted by Gasteiger charge is 2.06. The number of esters is 1. The molecule has 0 aliphatic heterocycles. The van der Waals surface area contributed by atoms with Crippen LogP contribution in [0.15, 0.2) is 59.1 Å². The maximum absolute atomic E-state index is 11.7. The van der Waals surface area contributed by atoms with E-state index in [-0.39, 0.29) is 6.61 Å². The van der Waals surface area contributed by atoms with Gasteiger partial charge in [0.25, 0.3) is 5.91 Å². The van der Waals surface area contributed by atoms with Crippen LogP contribution in [0, 0.1) is 0 Å². The Morgan fingerprint density at radius 2 is 1.91 bits per heavy atom. The average molecular weight is 395 g/mol. The third-order valence-corrected chi connectivity index (χ3v) is 3.50. The fourth-order valence-corrected chi connectivity index (χ4v) is 2.14. The van der Waals surface area contributed by atoms with E-state index in [1.165, 1.54) is 6.08 Å². The van der Waals surface area contributed by atoms with Crippen LogP contribution in [-0.4, -0.2) is 18.5 Å². The van der Waals surface area contributed by atoms with Crippen LogP contribution in [0.5, 0.6) is 0 Å². The molecule has 1 N–H and O–H groups in total. The first-order valence-electron chi connectivity index (χ1n) is 6.69. The molecular weight excluding hydrogens is 382 g/mol. The molecule has 0 saturated carbocycles. The largest absolute Gasteiger partial charge is 0.452 e. The van der Waals surface area contributed by atoms with Crippen molar-refractivity contribution in [3.8, 4) is 0 Å². The van der Waals surface area contributed by atoms with Crippen LogP contribution >= 0.6 is 27.5 Å². The first-order valence-corrected chi connectivity index (χ1v) is 7.86. The number of hydrogen-bond acceptors (Lipinski definition) is 3. The monoisotopic (exact) mass is 393 g/mol. The maximum atomic E-state index is 11.7. The van der Waals surface area contributed by atoms with Gasteiger partial charge in [0.05, 0.1) is 0 Å². The van der Waals surface area contributed by atoms with E-state index >= 15 is 0 Å². The van der Waals surface area contributed by atoms with Crippen molar-refractivity contribution in [2.75, 3.05) is 11.9 Å². The second-order valence-corrected chi connectivity index (χ2v) is 5.90. The van der Waals surface area contributed by atoms with Crippen molar-refractivity contribution >= 4 is 51.2 Å². The molecule has 0 atom stereocenters. The first-order chi connectivity index (χ1) is 11.0. The fourth-order valence-electron chi connectivity index (χ4n) is 1.69. The Labute approximate surface area is 147 Å². The Bertz CT molecular complexity index is 729. The molecular formula is C17H13BrClNO3. The Morgan fingerprint density at radius 1 is 1.17 bits per heavy atom. The highest BCUT2D eigenvalue weighted by atomic mass is 79.9. The Kier molecular flexibility index (Phi) is 6.38. The van der Waals surface area contributed by atoms with Gasteiger partial charge in [-0.25, -0.2) is 4.79 Å². The van der Waals surface area contributed by atoms with Gasteiger partial charge in [-0.05, 0) is 42.0 Å². The lowest BCUT2D eigenvalue weighted by molar-refractivity contribution is -0.142. The molecule has 0 aromatic heterocycles. The van der Waals surface area contributed by atoms with E-state index in [1.54, 1.807) is 30.3 Å². The summed E-state index contributed by atoms with van der Waals surface area (Å²) in [5, 5.41) is 3.10. The van der Waals surface area contributed by atoms with E-state index in [0.717, 1.165) is 10.0 Å². The molecule has 1 amide bonds. The summed E-state index contributed by atoms with van der Waals surface area (Å²) in [7, 11) is 0. The second-order valence-electron chi connectivity index (χ2n) is 4.55. The summed E-state index contributed by atoms with van der Waals surface area (Å²) in [5.74, 6) is -1.02. The van der Waals surface area contributed by atoms with Crippen LogP contribution in [0.1, 0.15) is 5.56 Å².